The molecule has 0 aliphatic carbocycles. The van der Waals surface area contributed by atoms with Gasteiger partial charge in [-0.2, -0.15) is 13.2 Å². The van der Waals surface area contributed by atoms with Gasteiger partial charge in [-0.15, -0.1) is 11.3 Å². The van der Waals surface area contributed by atoms with Crippen molar-refractivity contribution in [2.24, 2.45) is 5.92 Å². The summed E-state index contributed by atoms with van der Waals surface area (Å²) in [6.07, 6.45) is -4.16. The Morgan fingerprint density at radius 3 is 2.65 bits per heavy atom. The number of alkyl halides is 3. The Morgan fingerprint density at radius 2 is 2.10 bits per heavy atom. The SMILES string of the molecule is Cc1nc(CN(C)CC(F)(F)F)c(C2CNCC2C)s1. The molecule has 2 unspecified atom stereocenters. The summed E-state index contributed by atoms with van der Waals surface area (Å²) in [5.41, 5.74) is 0.805. The third-order valence-corrected chi connectivity index (χ3v) is 4.70. The van der Waals surface area contributed by atoms with Gasteiger partial charge in [0.15, 0.2) is 0 Å². The highest BCUT2D eigenvalue weighted by Gasteiger charge is 2.32. The molecule has 1 aliphatic rings. The summed E-state index contributed by atoms with van der Waals surface area (Å²) in [6.45, 7) is 5.28. The number of nitrogens with one attached hydrogen (secondary N) is 1. The third kappa shape index (κ3) is 3.93. The summed E-state index contributed by atoms with van der Waals surface area (Å²) in [5.74, 6) is 0.872. The molecule has 20 heavy (non-hydrogen) atoms. The first-order chi connectivity index (χ1) is 9.26. The number of aromatic nitrogens is 1. The van der Waals surface area contributed by atoms with Crippen LogP contribution in [0, 0.1) is 12.8 Å². The highest BCUT2D eigenvalue weighted by molar-refractivity contribution is 7.11. The second-order valence-electron chi connectivity index (χ2n) is 5.57. The van der Waals surface area contributed by atoms with Crippen LogP contribution < -0.4 is 5.32 Å². The van der Waals surface area contributed by atoms with Crippen LogP contribution in [0.15, 0.2) is 0 Å². The standard InChI is InChI=1S/C13H20F3N3S/c1-8-4-17-5-10(8)12-11(18-9(2)20-12)6-19(3)7-13(14,15)16/h8,10,17H,4-7H2,1-3H3. The predicted octanol–water partition coefficient (Wildman–Crippen LogP) is 2.77. The van der Waals surface area contributed by atoms with Crippen LogP contribution in [-0.4, -0.2) is 42.7 Å². The molecule has 1 saturated heterocycles. The largest absolute Gasteiger partial charge is 0.401 e. The van der Waals surface area contributed by atoms with E-state index >= 15 is 0 Å². The van der Waals surface area contributed by atoms with Gasteiger partial charge in [-0.05, 0) is 26.4 Å². The van der Waals surface area contributed by atoms with Gasteiger partial charge in [-0.3, -0.25) is 4.90 Å². The monoisotopic (exact) mass is 307 g/mol. The Balaban J connectivity index is 2.12. The fourth-order valence-electron chi connectivity index (χ4n) is 2.67. The Morgan fingerprint density at radius 1 is 1.40 bits per heavy atom. The molecule has 0 bridgehead atoms. The smallest absolute Gasteiger partial charge is 0.316 e. The molecule has 1 aromatic rings. The maximum Gasteiger partial charge on any atom is 0.401 e. The van der Waals surface area contributed by atoms with E-state index in [1.807, 2.05) is 6.92 Å². The summed E-state index contributed by atoms with van der Waals surface area (Å²) in [4.78, 5) is 6.87. The quantitative estimate of drug-likeness (QED) is 0.927. The van der Waals surface area contributed by atoms with Crippen molar-refractivity contribution in [3.8, 4) is 0 Å². The number of hydrogen-bond acceptors (Lipinski definition) is 4. The molecule has 0 aromatic carbocycles. The van der Waals surface area contributed by atoms with Crippen LogP contribution in [-0.2, 0) is 6.54 Å². The average molecular weight is 307 g/mol. The minimum absolute atomic E-state index is 0.252. The molecule has 1 aromatic heterocycles. The molecule has 0 spiro atoms. The van der Waals surface area contributed by atoms with E-state index in [1.165, 1.54) is 11.9 Å². The number of aryl methyl sites for hydroxylation is 1. The summed E-state index contributed by atoms with van der Waals surface area (Å²) in [5, 5.41) is 4.26. The van der Waals surface area contributed by atoms with E-state index in [0.29, 0.717) is 11.8 Å². The molecule has 1 N–H and O–H groups in total. The van der Waals surface area contributed by atoms with Crippen LogP contribution in [0.3, 0.4) is 0 Å². The number of rotatable bonds is 4. The van der Waals surface area contributed by atoms with Crippen LogP contribution in [0.2, 0.25) is 0 Å². The van der Waals surface area contributed by atoms with Crippen molar-refractivity contribution in [3.05, 3.63) is 15.6 Å². The van der Waals surface area contributed by atoms with Crippen molar-refractivity contribution in [2.75, 3.05) is 26.7 Å². The van der Waals surface area contributed by atoms with Crippen molar-refractivity contribution >= 4 is 11.3 Å². The lowest BCUT2D eigenvalue weighted by atomic mass is 9.95. The molecule has 1 fully saturated rings. The van der Waals surface area contributed by atoms with Crippen LogP contribution >= 0.6 is 11.3 Å². The van der Waals surface area contributed by atoms with Crippen molar-refractivity contribution in [1.82, 2.24) is 15.2 Å². The van der Waals surface area contributed by atoms with E-state index in [9.17, 15) is 13.2 Å². The predicted molar refractivity (Wildman–Crippen MR) is 74.0 cm³/mol. The van der Waals surface area contributed by atoms with Gasteiger partial charge in [-0.1, -0.05) is 6.92 Å². The van der Waals surface area contributed by atoms with E-state index in [4.69, 9.17) is 0 Å². The summed E-state index contributed by atoms with van der Waals surface area (Å²) >= 11 is 1.62. The first kappa shape index (κ1) is 15.7. The number of hydrogen-bond donors (Lipinski definition) is 1. The number of halogens is 3. The topological polar surface area (TPSA) is 28.2 Å². The molecule has 0 amide bonds. The van der Waals surface area contributed by atoms with Gasteiger partial charge >= 0.3 is 6.18 Å². The molecular weight excluding hydrogens is 287 g/mol. The molecule has 3 nitrogen and oxygen atoms in total. The minimum atomic E-state index is -4.16. The van der Waals surface area contributed by atoms with Crippen LogP contribution in [0.1, 0.15) is 28.4 Å². The van der Waals surface area contributed by atoms with E-state index in [2.05, 4.69) is 17.2 Å². The summed E-state index contributed by atoms with van der Waals surface area (Å²) < 4.78 is 37.2. The first-order valence-corrected chi connectivity index (χ1v) is 7.50. The van der Waals surface area contributed by atoms with Gasteiger partial charge < -0.3 is 5.32 Å². The zero-order chi connectivity index (χ0) is 14.9. The molecule has 2 heterocycles. The minimum Gasteiger partial charge on any atom is -0.316 e. The highest BCUT2D eigenvalue weighted by atomic mass is 32.1. The van der Waals surface area contributed by atoms with Crippen LogP contribution in [0.5, 0.6) is 0 Å². The Hall–Kier alpha value is -0.660. The lowest BCUT2D eigenvalue weighted by Gasteiger charge is -2.20. The van der Waals surface area contributed by atoms with Gasteiger partial charge in [0, 0.05) is 23.9 Å². The average Bonchev–Trinajstić information content (AvgIpc) is 2.82. The fraction of sp³-hybridized carbons (Fsp3) is 0.769. The Bertz CT molecular complexity index is 458. The van der Waals surface area contributed by atoms with Crippen molar-refractivity contribution in [1.29, 1.82) is 0 Å². The van der Waals surface area contributed by atoms with Crippen molar-refractivity contribution in [3.63, 3.8) is 0 Å². The van der Waals surface area contributed by atoms with Crippen LogP contribution in [0.4, 0.5) is 13.2 Å². The van der Waals surface area contributed by atoms with E-state index < -0.39 is 12.7 Å². The van der Waals surface area contributed by atoms with Gasteiger partial charge in [0.2, 0.25) is 0 Å². The number of nitrogens with zero attached hydrogens (tertiary/aromatic N) is 2. The zero-order valence-corrected chi connectivity index (χ0v) is 12.7. The second-order valence-corrected chi connectivity index (χ2v) is 6.81. The van der Waals surface area contributed by atoms with Crippen molar-refractivity contribution < 1.29 is 13.2 Å². The molecule has 1 aliphatic heterocycles. The van der Waals surface area contributed by atoms with Gasteiger partial charge in [-0.25, -0.2) is 4.98 Å². The second kappa shape index (κ2) is 5.99. The molecular formula is C13H20F3N3S. The maximum absolute atomic E-state index is 12.4. The lowest BCUT2D eigenvalue weighted by molar-refractivity contribution is -0.144. The molecule has 2 rings (SSSR count). The molecule has 2 atom stereocenters. The Kier molecular flexibility index (Phi) is 4.71. The Labute approximate surface area is 121 Å². The number of thiazole rings is 1. The fourth-order valence-corrected chi connectivity index (χ4v) is 3.84. The van der Waals surface area contributed by atoms with E-state index in [1.54, 1.807) is 11.3 Å². The van der Waals surface area contributed by atoms with Crippen LogP contribution in [0.25, 0.3) is 0 Å². The lowest BCUT2D eigenvalue weighted by Crippen LogP contribution is -2.31. The van der Waals surface area contributed by atoms with Gasteiger partial charge in [0.25, 0.3) is 0 Å². The third-order valence-electron chi connectivity index (χ3n) is 3.56. The summed E-state index contributed by atoms with van der Waals surface area (Å²) in [7, 11) is 1.49. The molecule has 7 heteroatoms. The molecule has 0 saturated carbocycles. The van der Waals surface area contributed by atoms with E-state index in [-0.39, 0.29) is 6.54 Å². The highest BCUT2D eigenvalue weighted by Crippen LogP contribution is 2.35. The molecule has 114 valence electrons. The first-order valence-electron chi connectivity index (χ1n) is 6.68. The zero-order valence-electron chi connectivity index (χ0n) is 11.9. The van der Waals surface area contributed by atoms with Crippen molar-refractivity contribution in [2.45, 2.75) is 32.5 Å². The molecule has 0 radical (unpaired) electrons. The van der Waals surface area contributed by atoms with E-state index in [0.717, 1.165) is 28.7 Å². The van der Waals surface area contributed by atoms with Gasteiger partial charge in [0.1, 0.15) is 0 Å². The maximum atomic E-state index is 12.4. The van der Waals surface area contributed by atoms with Gasteiger partial charge in [0.05, 0.1) is 17.2 Å². The summed E-state index contributed by atoms with van der Waals surface area (Å²) in [6, 6.07) is 0. The normalized spacial score (nSPS) is 23.8.